The van der Waals surface area contributed by atoms with Crippen molar-refractivity contribution >= 4 is 0 Å². The molecule has 0 aromatic heterocycles. The van der Waals surface area contributed by atoms with E-state index in [9.17, 15) is 5.11 Å². The first-order valence-electron chi connectivity index (χ1n) is 13.1. The van der Waals surface area contributed by atoms with Crippen LogP contribution in [0.4, 0.5) is 0 Å². The number of hydrogen-bond acceptors (Lipinski definition) is 1. The van der Waals surface area contributed by atoms with Crippen LogP contribution in [0.25, 0.3) is 0 Å². The van der Waals surface area contributed by atoms with Crippen LogP contribution in [-0.4, -0.2) is 11.7 Å². The summed E-state index contributed by atoms with van der Waals surface area (Å²) in [4.78, 5) is 0. The molecule has 0 heterocycles. The minimum absolute atomic E-state index is 0.0861. The Balaban J connectivity index is 3.43. The summed E-state index contributed by atoms with van der Waals surface area (Å²) in [6.45, 7) is 29.0. The van der Waals surface area contributed by atoms with Gasteiger partial charge in [-0.05, 0) is 75.9 Å². The normalized spacial score (nSPS) is 14.2. The number of aliphatic hydroxyl groups is 1. The van der Waals surface area contributed by atoms with Gasteiger partial charge in [0.25, 0.3) is 0 Å². The van der Waals surface area contributed by atoms with Crippen LogP contribution in [0.3, 0.4) is 0 Å². The fourth-order valence-corrected chi connectivity index (χ4v) is 5.83. The van der Waals surface area contributed by atoms with Gasteiger partial charge in [0.15, 0.2) is 0 Å². The molecule has 0 radical (unpaired) electrons. The largest absolute Gasteiger partial charge is 0.396 e. The van der Waals surface area contributed by atoms with Crippen molar-refractivity contribution in [3.63, 3.8) is 0 Å². The van der Waals surface area contributed by atoms with Crippen molar-refractivity contribution in [3.8, 4) is 0 Å². The zero-order valence-corrected chi connectivity index (χ0v) is 23.8. The van der Waals surface area contributed by atoms with Gasteiger partial charge in [0.2, 0.25) is 0 Å². The SMILES string of the molecule is CCCCC(C)(C)CC(C)(C)c1cc(C(C)(C)C)cc(C(C)(C)CC(C)(C)CCCO)c1. The third kappa shape index (κ3) is 8.85. The lowest BCUT2D eigenvalue weighted by Gasteiger charge is -2.39. The first-order chi connectivity index (χ1) is 14.4. The molecule has 1 nitrogen and oxygen atoms in total. The minimum Gasteiger partial charge on any atom is -0.396 e. The van der Waals surface area contributed by atoms with Crippen molar-refractivity contribution in [2.75, 3.05) is 6.61 Å². The van der Waals surface area contributed by atoms with Gasteiger partial charge in [-0.3, -0.25) is 0 Å². The topological polar surface area (TPSA) is 20.2 Å². The zero-order chi connectivity index (χ0) is 25.0. The van der Waals surface area contributed by atoms with Gasteiger partial charge in [-0.1, -0.05) is 114 Å². The highest BCUT2D eigenvalue weighted by molar-refractivity contribution is 5.40. The average molecular weight is 445 g/mol. The van der Waals surface area contributed by atoms with Crippen molar-refractivity contribution in [2.45, 2.75) is 144 Å². The Hall–Kier alpha value is -0.820. The zero-order valence-electron chi connectivity index (χ0n) is 23.8. The lowest BCUT2D eigenvalue weighted by molar-refractivity contribution is 0.202. The summed E-state index contributed by atoms with van der Waals surface area (Å²) < 4.78 is 0. The molecule has 0 saturated carbocycles. The molecule has 186 valence electrons. The van der Waals surface area contributed by atoms with E-state index in [1.807, 2.05) is 0 Å². The molecule has 1 aromatic rings. The third-order valence-electron chi connectivity index (χ3n) is 7.42. The molecule has 0 bridgehead atoms. The van der Waals surface area contributed by atoms with Gasteiger partial charge in [-0.25, -0.2) is 0 Å². The van der Waals surface area contributed by atoms with Gasteiger partial charge in [-0.2, -0.15) is 0 Å². The lowest BCUT2D eigenvalue weighted by atomic mass is 9.65. The van der Waals surface area contributed by atoms with Gasteiger partial charge < -0.3 is 5.11 Å². The number of aliphatic hydroxyl groups excluding tert-OH is 1. The van der Waals surface area contributed by atoms with E-state index in [4.69, 9.17) is 0 Å². The van der Waals surface area contributed by atoms with E-state index >= 15 is 0 Å². The molecular formula is C31H56O. The first kappa shape index (κ1) is 29.2. The van der Waals surface area contributed by atoms with E-state index in [1.54, 1.807) is 0 Å². The maximum absolute atomic E-state index is 9.34. The summed E-state index contributed by atoms with van der Waals surface area (Å²) in [5, 5.41) is 9.34. The lowest BCUT2D eigenvalue weighted by Crippen LogP contribution is -2.30. The predicted molar refractivity (Wildman–Crippen MR) is 144 cm³/mol. The van der Waals surface area contributed by atoms with Crippen molar-refractivity contribution in [3.05, 3.63) is 34.9 Å². The molecule has 0 amide bonds. The standard InChI is InChI=1S/C31H56O/c1-13-14-16-28(5,6)22-30(9,10)25-19-24(27(2,3)4)20-26(21-25)31(11,12)23-29(7,8)17-15-18-32/h19-21,32H,13-18,22-23H2,1-12H3. The highest BCUT2D eigenvalue weighted by atomic mass is 16.2. The van der Waals surface area contributed by atoms with Gasteiger partial charge in [0.1, 0.15) is 0 Å². The van der Waals surface area contributed by atoms with Gasteiger partial charge in [0.05, 0.1) is 0 Å². The highest BCUT2D eigenvalue weighted by Gasteiger charge is 2.34. The van der Waals surface area contributed by atoms with E-state index in [2.05, 4.69) is 101 Å². The van der Waals surface area contributed by atoms with Crippen LogP contribution < -0.4 is 0 Å². The summed E-state index contributed by atoms with van der Waals surface area (Å²) in [6, 6.07) is 7.49. The van der Waals surface area contributed by atoms with E-state index in [-0.39, 0.29) is 28.3 Å². The van der Waals surface area contributed by atoms with Crippen LogP contribution in [0.2, 0.25) is 0 Å². The molecule has 0 unspecified atom stereocenters. The Morgan fingerprint density at radius 3 is 1.31 bits per heavy atom. The predicted octanol–water partition coefficient (Wildman–Crippen LogP) is 9.33. The summed E-state index contributed by atoms with van der Waals surface area (Å²) in [7, 11) is 0. The quantitative estimate of drug-likeness (QED) is 0.340. The van der Waals surface area contributed by atoms with E-state index < -0.39 is 0 Å². The first-order valence-corrected chi connectivity index (χ1v) is 13.1. The molecule has 1 rings (SSSR count). The van der Waals surface area contributed by atoms with Crippen molar-refractivity contribution < 1.29 is 5.11 Å². The Labute approximate surface area is 201 Å². The number of unbranched alkanes of at least 4 members (excludes halogenated alkanes) is 1. The maximum atomic E-state index is 9.34. The average Bonchev–Trinajstić information content (AvgIpc) is 2.62. The third-order valence-corrected chi connectivity index (χ3v) is 7.42. The van der Waals surface area contributed by atoms with Gasteiger partial charge in [-0.15, -0.1) is 0 Å². The van der Waals surface area contributed by atoms with Crippen LogP contribution in [0, 0.1) is 10.8 Å². The molecule has 0 atom stereocenters. The Morgan fingerprint density at radius 1 is 0.594 bits per heavy atom. The molecule has 1 heteroatoms. The Kier molecular flexibility index (Phi) is 9.70. The number of benzene rings is 1. The molecule has 0 saturated heterocycles. The second-order valence-electron chi connectivity index (χ2n) is 14.4. The number of hydrogen-bond donors (Lipinski definition) is 1. The molecule has 32 heavy (non-hydrogen) atoms. The van der Waals surface area contributed by atoms with Crippen LogP contribution in [-0.2, 0) is 16.2 Å². The fraction of sp³-hybridized carbons (Fsp3) is 0.806. The maximum Gasteiger partial charge on any atom is 0.0431 e. The highest BCUT2D eigenvalue weighted by Crippen LogP contribution is 2.44. The molecule has 0 aliphatic heterocycles. The summed E-state index contributed by atoms with van der Waals surface area (Å²) in [6.07, 6.45) is 8.15. The van der Waals surface area contributed by atoms with E-state index in [0.29, 0.717) is 5.41 Å². The Morgan fingerprint density at radius 2 is 0.969 bits per heavy atom. The molecule has 0 fully saturated rings. The molecule has 1 aromatic carbocycles. The van der Waals surface area contributed by atoms with Crippen LogP contribution in [0.15, 0.2) is 18.2 Å². The molecular weight excluding hydrogens is 388 g/mol. The van der Waals surface area contributed by atoms with Gasteiger partial charge in [0, 0.05) is 6.61 Å². The molecule has 0 aliphatic carbocycles. The van der Waals surface area contributed by atoms with Crippen molar-refractivity contribution in [2.24, 2.45) is 10.8 Å². The minimum atomic E-state index is 0.0861. The molecule has 1 N–H and O–H groups in total. The second-order valence-corrected chi connectivity index (χ2v) is 14.4. The summed E-state index contributed by atoms with van der Waals surface area (Å²) in [5.74, 6) is 0. The van der Waals surface area contributed by atoms with Crippen molar-refractivity contribution in [1.82, 2.24) is 0 Å². The van der Waals surface area contributed by atoms with Gasteiger partial charge >= 0.3 is 0 Å². The second kappa shape index (κ2) is 10.6. The molecule has 0 aliphatic rings. The summed E-state index contributed by atoms with van der Waals surface area (Å²) >= 11 is 0. The van der Waals surface area contributed by atoms with Crippen LogP contribution >= 0.6 is 0 Å². The molecule has 0 spiro atoms. The fourth-order valence-electron chi connectivity index (χ4n) is 5.83. The smallest absolute Gasteiger partial charge is 0.0431 e. The van der Waals surface area contributed by atoms with Crippen LogP contribution in [0.5, 0.6) is 0 Å². The van der Waals surface area contributed by atoms with E-state index in [1.165, 1.54) is 42.4 Å². The van der Waals surface area contributed by atoms with Crippen LogP contribution in [0.1, 0.15) is 145 Å². The van der Waals surface area contributed by atoms with Crippen molar-refractivity contribution in [1.29, 1.82) is 0 Å². The monoisotopic (exact) mass is 444 g/mol. The number of rotatable bonds is 12. The Bertz CT molecular complexity index is 660. The van der Waals surface area contributed by atoms with E-state index in [0.717, 1.165) is 19.3 Å². The summed E-state index contributed by atoms with van der Waals surface area (Å²) in [5.41, 5.74) is 5.31.